The van der Waals surface area contributed by atoms with E-state index in [1.165, 1.54) is 0 Å². The summed E-state index contributed by atoms with van der Waals surface area (Å²) in [4.78, 5) is 12.1. The molecule has 1 aromatic rings. The largest absolute Gasteiger partial charge is 0.378 e. The molecular weight excluding hydrogens is 368 g/mol. The van der Waals surface area contributed by atoms with E-state index in [0.29, 0.717) is 51.7 Å². The summed E-state index contributed by atoms with van der Waals surface area (Å²) in [5.74, 6) is 6.07. The molecule has 0 unspecified atom stereocenters. The minimum Gasteiger partial charge on any atom is -0.378 e. The Labute approximate surface area is 178 Å². The second-order valence-electron chi connectivity index (χ2n) is 6.47. The van der Waals surface area contributed by atoms with Crippen molar-refractivity contribution in [1.82, 2.24) is 10.6 Å². The molecular formula is C23H40N2O4. The average molecular weight is 409 g/mol. The van der Waals surface area contributed by atoms with Crippen molar-refractivity contribution in [3.8, 4) is 11.8 Å². The number of ether oxygens (including phenoxy) is 3. The lowest BCUT2D eigenvalue weighted by Crippen LogP contribution is -2.27. The smallest absolute Gasteiger partial charge is 0.251 e. The van der Waals surface area contributed by atoms with Crippen molar-refractivity contribution in [1.29, 1.82) is 0 Å². The summed E-state index contributed by atoms with van der Waals surface area (Å²) in [5.41, 5.74) is 1.55. The molecule has 6 heteroatoms. The summed E-state index contributed by atoms with van der Waals surface area (Å²) in [5, 5.41) is 6.12. The topological polar surface area (TPSA) is 68.8 Å². The summed E-state index contributed by atoms with van der Waals surface area (Å²) in [7, 11) is 0. The van der Waals surface area contributed by atoms with E-state index in [1.807, 2.05) is 12.1 Å². The maximum absolute atomic E-state index is 12.1. The first-order valence-corrected chi connectivity index (χ1v) is 10.6. The fourth-order valence-electron chi connectivity index (χ4n) is 2.32. The van der Waals surface area contributed by atoms with E-state index in [9.17, 15) is 4.79 Å². The fraction of sp³-hybridized carbons (Fsp3) is 0.609. The Bertz CT molecular complexity index is 604. The van der Waals surface area contributed by atoms with Crippen molar-refractivity contribution in [2.45, 2.75) is 33.1 Å². The lowest BCUT2D eigenvalue weighted by atomic mass is 10.1. The normalized spacial score (nSPS) is 10.4. The summed E-state index contributed by atoms with van der Waals surface area (Å²) in [6.45, 7) is 9.93. The number of carbonyl (C=O) groups is 1. The molecule has 29 heavy (non-hydrogen) atoms. The third-order valence-electron chi connectivity index (χ3n) is 3.88. The number of benzene rings is 1. The van der Waals surface area contributed by atoms with Crippen LogP contribution < -0.4 is 10.6 Å². The van der Waals surface area contributed by atoms with Gasteiger partial charge in [0.05, 0.1) is 39.6 Å². The lowest BCUT2D eigenvalue weighted by molar-refractivity contribution is 0.0157. The van der Waals surface area contributed by atoms with Crippen molar-refractivity contribution in [3.63, 3.8) is 0 Å². The van der Waals surface area contributed by atoms with Gasteiger partial charge in [0.1, 0.15) is 0 Å². The lowest BCUT2D eigenvalue weighted by Gasteiger charge is -2.08. The van der Waals surface area contributed by atoms with Gasteiger partial charge in [-0.1, -0.05) is 25.7 Å². The molecule has 6 nitrogen and oxygen atoms in total. The number of amides is 1. The molecule has 2 N–H and O–H groups in total. The van der Waals surface area contributed by atoms with Crippen molar-refractivity contribution in [3.05, 3.63) is 35.4 Å². The molecule has 0 saturated heterocycles. The van der Waals surface area contributed by atoms with E-state index >= 15 is 0 Å². The average Bonchev–Trinajstić information content (AvgIpc) is 2.74. The van der Waals surface area contributed by atoms with Crippen LogP contribution in [0.2, 0.25) is 0 Å². The zero-order valence-corrected chi connectivity index (χ0v) is 17.9. The predicted molar refractivity (Wildman–Crippen MR) is 120 cm³/mol. The standard InChI is InChI=1S/C23H36N2O4.2H2/c1-3-5-6-7-21-8-10-22(11-9-21)23(26)25-14-16-28-18-20-29-19-17-27-15-13-24-12-4-2;;/h8-11,24H,3-5,12-20H2,1-2H3,(H,25,26);2*1H. The number of rotatable bonds is 16. The minimum atomic E-state index is -0.108. The highest BCUT2D eigenvalue weighted by atomic mass is 16.5. The van der Waals surface area contributed by atoms with Gasteiger partial charge in [-0.3, -0.25) is 4.79 Å². The summed E-state index contributed by atoms with van der Waals surface area (Å²) >= 11 is 0. The van der Waals surface area contributed by atoms with Crippen LogP contribution in [0.4, 0.5) is 0 Å². The first-order chi connectivity index (χ1) is 14.3. The zero-order valence-electron chi connectivity index (χ0n) is 17.9. The van der Waals surface area contributed by atoms with E-state index in [2.05, 4.69) is 36.3 Å². The van der Waals surface area contributed by atoms with Crippen LogP contribution in [-0.4, -0.2) is 65.2 Å². The molecule has 0 saturated carbocycles. The third-order valence-corrected chi connectivity index (χ3v) is 3.88. The second kappa shape index (κ2) is 18.1. The monoisotopic (exact) mass is 408 g/mol. The van der Waals surface area contributed by atoms with E-state index in [1.54, 1.807) is 12.1 Å². The van der Waals surface area contributed by atoms with E-state index in [4.69, 9.17) is 14.2 Å². The Morgan fingerprint density at radius 3 is 2.10 bits per heavy atom. The molecule has 0 spiro atoms. The SMILES string of the molecule is CCCC#Cc1ccc(C(=O)NCCOCCOCCOCCNCCC)cc1.[HH].[HH]. The van der Waals surface area contributed by atoms with Gasteiger partial charge in [-0.15, -0.1) is 0 Å². The molecule has 0 bridgehead atoms. The number of unbranched alkanes of at least 4 members (excludes halogenated alkanes) is 1. The van der Waals surface area contributed by atoms with E-state index in [-0.39, 0.29) is 8.76 Å². The molecule has 1 aromatic carbocycles. The van der Waals surface area contributed by atoms with Gasteiger partial charge in [0.25, 0.3) is 5.91 Å². The highest BCUT2D eigenvalue weighted by molar-refractivity contribution is 5.94. The summed E-state index contributed by atoms with van der Waals surface area (Å²) < 4.78 is 16.3. The molecule has 0 atom stereocenters. The molecule has 166 valence electrons. The Morgan fingerprint density at radius 1 is 0.862 bits per heavy atom. The predicted octanol–water partition coefficient (Wildman–Crippen LogP) is 3.11. The van der Waals surface area contributed by atoms with Gasteiger partial charge in [0.15, 0.2) is 0 Å². The molecule has 0 aliphatic heterocycles. The molecule has 0 heterocycles. The first-order valence-electron chi connectivity index (χ1n) is 10.6. The van der Waals surface area contributed by atoms with Gasteiger partial charge in [-0.2, -0.15) is 0 Å². The highest BCUT2D eigenvalue weighted by Gasteiger charge is 2.04. The minimum absolute atomic E-state index is 0. The molecule has 0 aromatic heterocycles. The number of nitrogens with one attached hydrogen (secondary N) is 2. The summed E-state index contributed by atoms with van der Waals surface area (Å²) in [6, 6.07) is 7.33. The van der Waals surface area contributed by atoms with Crippen LogP contribution in [0.15, 0.2) is 24.3 Å². The zero-order chi connectivity index (χ0) is 21.0. The van der Waals surface area contributed by atoms with E-state index < -0.39 is 0 Å². The van der Waals surface area contributed by atoms with Gasteiger partial charge >= 0.3 is 0 Å². The van der Waals surface area contributed by atoms with E-state index in [0.717, 1.165) is 37.9 Å². The third kappa shape index (κ3) is 13.8. The first kappa shape index (κ1) is 25.1. The van der Waals surface area contributed by atoms with Crippen molar-refractivity contribution >= 4 is 5.91 Å². The molecule has 0 radical (unpaired) electrons. The summed E-state index contributed by atoms with van der Waals surface area (Å²) in [6.07, 6.45) is 3.07. The van der Waals surface area contributed by atoms with Crippen molar-refractivity contribution < 1.29 is 21.9 Å². The van der Waals surface area contributed by atoms with Crippen molar-refractivity contribution in [2.24, 2.45) is 0 Å². The van der Waals surface area contributed by atoms with Gasteiger partial charge in [0.2, 0.25) is 0 Å². The molecule has 0 aliphatic carbocycles. The Morgan fingerprint density at radius 2 is 1.48 bits per heavy atom. The number of hydrogen-bond acceptors (Lipinski definition) is 5. The van der Waals surface area contributed by atoms with Gasteiger partial charge in [0, 0.05) is 33.5 Å². The van der Waals surface area contributed by atoms with Crippen LogP contribution in [0.1, 0.15) is 51.9 Å². The Hall–Kier alpha value is -1.91. The Balaban J connectivity index is 0. The number of hydrogen-bond donors (Lipinski definition) is 2. The van der Waals surface area contributed by atoms with Crippen LogP contribution in [0.5, 0.6) is 0 Å². The number of carbonyl (C=O) groups excluding carboxylic acids is 1. The van der Waals surface area contributed by atoms with Crippen LogP contribution in [-0.2, 0) is 14.2 Å². The van der Waals surface area contributed by atoms with Crippen LogP contribution >= 0.6 is 0 Å². The van der Waals surface area contributed by atoms with Crippen LogP contribution in [0, 0.1) is 11.8 Å². The van der Waals surface area contributed by atoms with Crippen LogP contribution in [0.25, 0.3) is 0 Å². The fourth-order valence-corrected chi connectivity index (χ4v) is 2.32. The maximum atomic E-state index is 12.1. The van der Waals surface area contributed by atoms with Gasteiger partial charge in [-0.05, 0) is 43.7 Å². The molecule has 1 amide bonds. The van der Waals surface area contributed by atoms with Gasteiger partial charge < -0.3 is 24.8 Å². The maximum Gasteiger partial charge on any atom is 0.251 e. The van der Waals surface area contributed by atoms with Gasteiger partial charge in [-0.25, -0.2) is 0 Å². The quantitative estimate of drug-likeness (QED) is 0.325. The second-order valence-corrected chi connectivity index (χ2v) is 6.47. The molecule has 0 aliphatic rings. The van der Waals surface area contributed by atoms with Crippen molar-refractivity contribution in [2.75, 3.05) is 59.3 Å². The molecule has 1 rings (SSSR count). The highest BCUT2D eigenvalue weighted by Crippen LogP contribution is 2.03. The molecule has 0 fully saturated rings. The Kier molecular flexibility index (Phi) is 15.7. The van der Waals surface area contributed by atoms with Crippen LogP contribution in [0.3, 0.4) is 0 Å².